The van der Waals surface area contributed by atoms with E-state index in [0.29, 0.717) is 57.1 Å². The van der Waals surface area contributed by atoms with Crippen molar-refractivity contribution in [3.05, 3.63) is 82.7 Å². The van der Waals surface area contributed by atoms with Crippen LogP contribution in [0.5, 0.6) is 5.75 Å². The standard InChI is InChI=1S/C27H26B3FN4O4/c1-3-38-19-8-9-20-21(13-19)26(37)34(33-25(20)16-5-4-6-17(31)11-16)14-24(36)35(27(28,29)30)18-7-10-22-23(12-18)39-15(2)32-22/h4-13H,3,14,28-30H2,1-2H3. The van der Waals surface area contributed by atoms with E-state index in [9.17, 15) is 14.0 Å². The van der Waals surface area contributed by atoms with Gasteiger partial charge in [-0.15, -0.1) is 0 Å². The van der Waals surface area contributed by atoms with Crippen molar-refractivity contribution in [3.63, 3.8) is 0 Å². The highest BCUT2D eigenvalue weighted by molar-refractivity contribution is 6.62. The normalized spacial score (nSPS) is 11.7. The summed E-state index contributed by atoms with van der Waals surface area (Å²) in [4.78, 5) is 33.4. The van der Waals surface area contributed by atoms with Gasteiger partial charge in [0.05, 0.1) is 17.7 Å². The first-order valence-corrected chi connectivity index (χ1v) is 12.7. The molecule has 0 saturated carbocycles. The van der Waals surface area contributed by atoms with Crippen LogP contribution in [0.15, 0.2) is 69.9 Å². The van der Waals surface area contributed by atoms with Gasteiger partial charge < -0.3 is 14.1 Å². The molecule has 0 spiro atoms. The van der Waals surface area contributed by atoms with E-state index in [1.807, 2.05) is 30.5 Å². The molecule has 0 atom stereocenters. The lowest BCUT2D eigenvalue weighted by Crippen LogP contribution is -2.55. The Morgan fingerprint density at radius 1 is 1.10 bits per heavy atom. The molecule has 5 aromatic rings. The molecule has 0 bridgehead atoms. The smallest absolute Gasteiger partial charge is 0.275 e. The number of aryl methyl sites for hydroxylation is 1. The van der Waals surface area contributed by atoms with Crippen LogP contribution in [0.25, 0.3) is 33.1 Å². The van der Waals surface area contributed by atoms with Gasteiger partial charge in [-0.25, -0.2) is 14.1 Å². The van der Waals surface area contributed by atoms with Gasteiger partial charge in [0.25, 0.3) is 5.56 Å². The number of benzene rings is 3. The van der Waals surface area contributed by atoms with E-state index in [0.717, 1.165) is 4.68 Å². The SMILES string of the molecule is BC(B)(B)N(C(=O)Cn1nc(-c2cccc(F)c2)c2ccc(OCC)cc2c1=O)c1ccc2nc(C)oc2c1. The molecule has 0 aliphatic carbocycles. The fourth-order valence-corrected chi connectivity index (χ4v) is 4.75. The first kappa shape index (κ1) is 26.3. The second-order valence-electron chi connectivity index (χ2n) is 10.2. The molecule has 2 heterocycles. The topological polar surface area (TPSA) is 90.5 Å². The number of amides is 1. The molecule has 12 heteroatoms. The first-order chi connectivity index (χ1) is 18.5. The molecule has 0 aliphatic heterocycles. The summed E-state index contributed by atoms with van der Waals surface area (Å²) in [5.74, 6) is 0.264. The highest BCUT2D eigenvalue weighted by Crippen LogP contribution is 2.29. The van der Waals surface area contributed by atoms with Crippen LogP contribution in [-0.2, 0) is 11.3 Å². The van der Waals surface area contributed by atoms with E-state index in [4.69, 9.17) is 9.15 Å². The van der Waals surface area contributed by atoms with Gasteiger partial charge in [-0.2, -0.15) is 5.10 Å². The number of fused-ring (bicyclic) bond motifs is 2. The molecule has 3 aromatic carbocycles. The average molecular weight is 522 g/mol. The quantitative estimate of drug-likeness (QED) is 0.302. The Morgan fingerprint density at radius 3 is 2.62 bits per heavy atom. The van der Waals surface area contributed by atoms with Gasteiger partial charge in [0.2, 0.25) is 5.91 Å². The third-order valence-electron chi connectivity index (χ3n) is 6.28. The Morgan fingerprint density at radius 2 is 1.90 bits per heavy atom. The Kier molecular flexibility index (Phi) is 6.80. The summed E-state index contributed by atoms with van der Waals surface area (Å²) in [7, 11) is 5.72. The van der Waals surface area contributed by atoms with Crippen LogP contribution in [0.3, 0.4) is 0 Å². The molecular weight excluding hydrogens is 496 g/mol. The van der Waals surface area contributed by atoms with Gasteiger partial charge in [0.15, 0.2) is 11.5 Å². The summed E-state index contributed by atoms with van der Waals surface area (Å²) >= 11 is 0. The highest BCUT2D eigenvalue weighted by atomic mass is 19.1. The Hall–Kier alpha value is -4.34. The summed E-state index contributed by atoms with van der Waals surface area (Å²) in [6.45, 7) is 3.71. The Labute approximate surface area is 227 Å². The number of anilines is 1. The maximum atomic E-state index is 14.2. The molecule has 194 valence electrons. The van der Waals surface area contributed by atoms with Crippen LogP contribution in [-0.4, -0.2) is 56.1 Å². The molecule has 0 fully saturated rings. The van der Waals surface area contributed by atoms with Gasteiger partial charge in [0, 0.05) is 29.6 Å². The zero-order chi connectivity index (χ0) is 27.9. The van der Waals surface area contributed by atoms with E-state index in [1.165, 1.54) is 12.1 Å². The monoisotopic (exact) mass is 522 g/mol. The summed E-state index contributed by atoms with van der Waals surface area (Å²) in [5, 5.41) is 4.79. The van der Waals surface area contributed by atoms with Gasteiger partial charge in [-0.3, -0.25) is 9.59 Å². The second-order valence-corrected chi connectivity index (χ2v) is 10.2. The predicted octanol–water partition coefficient (Wildman–Crippen LogP) is 1.59. The van der Waals surface area contributed by atoms with Crippen molar-refractivity contribution in [1.82, 2.24) is 14.8 Å². The third kappa shape index (κ3) is 5.19. The minimum absolute atomic E-state index is 0.323. The zero-order valence-corrected chi connectivity index (χ0v) is 22.5. The number of nitrogens with zero attached hydrogens (tertiary/aromatic N) is 4. The molecule has 8 nitrogen and oxygen atoms in total. The number of halogens is 1. The number of hydrogen-bond acceptors (Lipinski definition) is 6. The molecule has 0 aliphatic rings. The zero-order valence-electron chi connectivity index (χ0n) is 22.5. The maximum Gasteiger partial charge on any atom is 0.275 e. The Balaban J connectivity index is 1.63. The number of carbonyl (C=O) groups excluding carboxylic acids is 1. The Bertz CT molecular complexity index is 1780. The van der Waals surface area contributed by atoms with Gasteiger partial charge >= 0.3 is 0 Å². The minimum atomic E-state index is -0.631. The lowest BCUT2D eigenvalue weighted by atomic mass is 9.48. The van der Waals surface area contributed by atoms with Crippen LogP contribution < -0.4 is 15.2 Å². The minimum Gasteiger partial charge on any atom is -0.494 e. The summed E-state index contributed by atoms with van der Waals surface area (Å²) in [5.41, 5.74) is 2.29. The number of rotatable bonds is 7. The molecule has 39 heavy (non-hydrogen) atoms. The van der Waals surface area contributed by atoms with Crippen LogP contribution in [0.2, 0.25) is 0 Å². The third-order valence-corrected chi connectivity index (χ3v) is 6.28. The van der Waals surface area contributed by atoms with E-state index in [2.05, 4.69) is 10.1 Å². The molecule has 5 rings (SSSR count). The van der Waals surface area contributed by atoms with E-state index >= 15 is 0 Å². The van der Waals surface area contributed by atoms with E-state index in [1.54, 1.807) is 60.4 Å². The molecule has 0 N–H and O–H groups in total. The van der Waals surface area contributed by atoms with Crippen LogP contribution >= 0.6 is 0 Å². The molecule has 0 saturated heterocycles. The molecular formula is C27H26B3FN4O4. The molecule has 1 amide bonds. The number of hydrogen-bond donors (Lipinski definition) is 0. The highest BCUT2D eigenvalue weighted by Gasteiger charge is 2.29. The van der Waals surface area contributed by atoms with Crippen molar-refractivity contribution in [2.24, 2.45) is 0 Å². The van der Waals surface area contributed by atoms with Gasteiger partial charge in [0.1, 0.15) is 47.2 Å². The second kappa shape index (κ2) is 10.1. The number of oxazole rings is 1. The summed E-state index contributed by atoms with van der Waals surface area (Å²) < 4.78 is 26.6. The van der Waals surface area contributed by atoms with Crippen molar-refractivity contribution in [1.29, 1.82) is 0 Å². The van der Waals surface area contributed by atoms with E-state index in [-0.39, 0.29) is 12.5 Å². The van der Waals surface area contributed by atoms with Crippen LogP contribution in [0.1, 0.15) is 12.8 Å². The lowest BCUT2D eigenvalue weighted by Gasteiger charge is -2.36. The largest absolute Gasteiger partial charge is 0.494 e. The molecule has 0 unspecified atom stereocenters. The van der Waals surface area contributed by atoms with Crippen molar-refractivity contribution in [2.75, 3.05) is 11.5 Å². The van der Waals surface area contributed by atoms with Crippen molar-refractivity contribution >= 4 is 57.0 Å². The van der Waals surface area contributed by atoms with Crippen molar-refractivity contribution < 1.29 is 18.3 Å². The fourth-order valence-electron chi connectivity index (χ4n) is 4.75. The molecule has 0 radical (unpaired) electrons. The molecule has 2 aromatic heterocycles. The predicted molar refractivity (Wildman–Crippen MR) is 157 cm³/mol. The van der Waals surface area contributed by atoms with Crippen LogP contribution in [0.4, 0.5) is 10.1 Å². The fraction of sp³-hybridized carbons (Fsp3) is 0.185. The number of aromatic nitrogens is 3. The summed E-state index contributed by atoms with van der Waals surface area (Å²) in [6, 6.07) is 16.5. The lowest BCUT2D eigenvalue weighted by molar-refractivity contribution is -0.119. The van der Waals surface area contributed by atoms with Crippen LogP contribution in [0, 0.1) is 12.7 Å². The maximum absolute atomic E-state index is 14.2. The summed E-state index contributed by atoms with van der Waals surface area (Å²) in [6.07, 6.45) is 0. The van der Waals surface area contributed by atoms with Gasteiger partial charge in [-0.1, -0.05) is 12.1 Å². The van der Waals surface area contributed by atoms with Crippen molar-refractivity contribution in [3.8, 4) is 17.0 Å². The van der Waals surface area contributed by atoms with Crippen molar-refractivity contribution in [2.45, 2.75) is 25.6 Å². The van der Waals surface area contributed by atoms with Gasteiger partial charge in [-0.05, 0) is 54.6 Å². The average Bonchev–Trinajstić information content (AvgIpc) is 3.24. The first-order valence-electron chi connectivity index (χ1n) is 12.7. The van der Waals surface area contributed by atoms with E-state index < -0.39 is 16.6 Å². The number of ether oxygens (including phenoxy) is 1. The number of carbonyl (C=O) groups is 1.